The quantitative estimate of drug-likeness (QED) is 0.666. The highest BCUT2D eigenvalue weighted by Gasteiger charge is 2.17. The Balaban J connectivity index is 2.20. The molecular formula is C19H25NO6S. The van der Waals surface area contributed by atoms with E-state index in [2.05, 4.69) is 4.72 Å². The number of benzene rings is 2. The van der Waals surface area contributed by atoms with Crippen LogP contribution in [0.3, 0.4) is 0 Å². The maximum Gasteiger partial charge on any atom is 0.241 e. The third kappa shape index (κ3) is 5.27. The molecule has 0 saturated heterocycles. The molecule has 2 rings (SSSR count). The van der Waals surface area contributed by atoms with E-state index >= 15 is 0 Å². The van der Waals surface area contributed by atoms with Gasteiger partial charge >= 0.3 is 0 Å². The van der Waals surface area contributed by atoms with E-state index in [0.717, 1.165) is 5.56 Å². The summed E-state index contributed by atoms with van der Waals surface area (Å²) in [6.07, 6.45) is 0. The van der Waals surface area contributed by atoms with E-state index in [0.29, 0.717) is 36.2 Å². The largest absolute Gasteiger partial charge is 0.493 e. The SMILES string of the molecule is CCOc1ccc(S(=O)(=O)NCc2ccc(OC)c(OC)c2)cc1OCC. The lowest BCUT2D eigenvalue weighted by molar-refractivity contribution is 0.287. The van der Waals surface area contributed by atoms with Gasteiger partial charge in [-0.2, -0.15) is 0 Å². The monoisotopic (exact) mass is 395 g/mol. The van der Waals surface area contributed by atoms with E-state index in [1.807, 2.05) is 13.8 Å². The Hall–Kier alpha value is -2.45. The number of sulfonamides is 1. The molecule has 0 bridgehead atoms. The van der Waals surface area contributed by atoms with Gasteiger partial charge in [0.15, 0.2) is 23.0 Å². The fourth-order valence-electron chi connectivity index (χ4n) is 2.45. The third-order valence-electron chi connectivity index (χ3n) is 3.74. The summed E-state index contributed by atoms with van der Waals surface area (Å²) in [7, 11) is -0.651. The first kappa shape index (κ1) is 20.9. The molecule has 7 nitrogen and oxygen atoms in total. The minimum Gasteiger partial charge on any atom is -0.493 e. The Morgan fingerprint density at radius 2 is 1.44 bits per heavy atom. The van der Waals surface area contributed by atoms with Crippen LogP contribution in [0.15, 0.2) is 41.3 Å². The summed E-state index contributed by atoms with van der Waals surface area (Å²) in [5.41, 5.74) is 0.743. The van der Waals surface area contributed by atoms with Crippen LogP contribution in [0, 0.1) is 0 Å². The molecule has 27 heavy (non-hydrogen) atoms. The molecule has 0 aliphatic carbocycles. The van der Waals surface area contributed by atoms with Crippen LogP contribution in [0.25, 0.3) is 0 Å². The van der Waals surface area contributed by atoms with Gasteiger partial charge in [-0.1, -0.05) is 6.07 Å². The van der Waals surface area contributed by atoms with E-state index in [1.54, 1.807) is 31.4 Å². The van der Waals surface area contributed by atoms with Crippen molar-refractivity contribution in [3.05, 3.63) is 42.0 Å². The summed E-state index contributed by atoms with van der Waals surface area (Å²) in [6.45, 7) is 4.66. The average molecular weight is 395 g/mol. The predicted octanol–water partition coefficient (Wildman–Crippen LogP) is 2.98. The topological polar surface area (TPSA) is 83.1 Å². The molecule has 0 fully saturated rings. The number of nitrogens with one attached hydrogen (secondary N) is 1. The van der Waals surface area contributed by atoms with Crippen molar-refractivity contribution in [3.8, 4) is 23.0 Å². The van der Waals surface area contributed by atoms with Gasteiger partial charge in [0.2, 0.25) is 10.0 Å². The zero-order chi connectivity index (χ0) is 19.9. The molecule has 0 aliphatic rings. The van der Waals surface area contributed by atoms with E-state index in [4.69, 9.17) is 18.9 Å². The van der Waals surface area contributed by atoms with Crippen molar-refractivity contribution >= 4 is 10.0 Å². The lowest BCUT2D eigenvalue weighted by Crippen LogP contribution is -2.23. The predicted molar refractivity (Wildman–Crippen MR) is 102 cm³/mol. The van der Waals surface area contributed by atoms with Crippen molar-refractivity contribution in [2.24, 2.45) is 0 Å². The molecule has 0 radical (unpaired) electrons. The van der Waals surface area contributed by atoms with Gasteiger partial charge in [-0.15, -0.1) is 0 Å². The van der Waals surface area contributed by atoms with Crippen LogP contribution >= 0.6 is 0 Å². The molecule has 0 saturated carbocycles. The molecule has 148 valence electrons. The van der Waals surface area contributed by atoms with Crippen molar-refractivity contribution in [3.63, 3.8) is 0 Å². The van der Waals surface area contributed by atoms with Crippen LogP contribution in [-0.4, -0.2) is 35.9 Å². The Labute approximate surface area is 160 Å². The Bertz CT molecular complexity index is 866. The summed E-state index contributed by atoms with van der Waals surface area (Å²) < 4.78 is 49.3. The maximum absolute atomic E-state index is 12.6. The molecule has 2 aromatic carbocycles. The summed E-state index contributed by atoms with van der Waals surface area (Å²) in [4.78, 5) is 0.106. The second-order valence-corrected chi connectivity index (χ2v) is 7.26. The molecule has 0 aromatic heterocycles. The minimum absolute atomic E-state index is 0.106. The lowest BCUT2D eigenvalue weighted by atomic mass is 10.2. The highest BCUT2D eigenvalue weighted by atomic mass is 32.2. The van der Waals surface area contributed by atoms with Gasteiger partial charge in [-0.25, -0.2) is 13.1 Å². The molecule has 0 atom stereocenters. The van der Waals surface area contributed by atoms with E-state index in [-0.39, 0.29) is 11.4 Å². The smallest absolute Gasteiger partial charge is 0.241 e. The zero-order valence-electron chi connectivity index (χ0n) is 15.9. The molecule has 0 spiro atoms. The summed E-state index contributed by atoms with van der Waals surface area (Å²) in [5.74, 6) is 2.03. The summed E-state index contributed by atoms with van der Waals surface area (Å²) >= 11 is 0. The molecule has 0 aliphatic heterocycles. The van der Waals surface area contributed by atoms with Crippen molar-refractivity contribution in [2.45, 2.75) is 25.3 Å². The van der Waals surface area contributed by atoms with Gasteiger partial charge in [0, 0.05) is 12.6 Å². The fraction of sp³-hybridized carbons (Fsp3) is 0.368. The third-order valence-corrected chi connectivity index (χ3v) is 5.14. The summed E-state index contributed by atoms with van der Waals surface area (Å²) in [6, 6.07) is 9.78. The lowest BCUT2D eigenvalue weighted by Gasteiger charge is -2.13. The Morgan fingerprint density at radius 3 is 2.07 bits per heavy atom. The molecule has 0 heterocycles. The second-order valence-electron chi connectivity index (χ2n) is 5.49. The van der Waals surface area contributed by atoms with Gasteiger partial charge < -0.3 is 18.9 Å². The average Bonchev–Trinajstić information content (AvgIpc) is 2.67. The van der Waals surface area contributed by atoms with Gasteiger partial charge in [-0.3, -0.25) is 0 Å². The van der Waals surface area contributed by atoms with Crippen LogP contribution in [0.2, 0.25) is 0 Å². The van der Waals surface area contributed by atoms with Gasteiger partial charge in [0.05, 0.1) is 32.3 Å². The number of ether oxygens (including phenoxy) is 4. The molecule has 1 N–H and O–H groups in total. The first-order valence-electron chi connectivity index (χ1n) is 8.55. The Morgan fingerprint density at radius 1 is 0.815 bits per heavy atom. The molecular weight excluding hydrogens is 370 g/mol. The van der Waals surface area contributed by atoms with Crippen LogP contribution < -0.4 is 23.7 Å². The highest BCUT2D eigenvalue weighted by molar-refractivity contribution is 7.89. The number of methoxy groups -OCH3 is 2. The van der Waals surface area contributed by atoms with Crippen molar-refractivity contribution in [1.82, 2.24) is 4.72 Å². The molecule has 0 amide bonds. The second kappa shape index (κ2) is 9.48. The van der Waals surface area contributed by atoms with Crippen LogP contribution in [0.4, 0.5) is 0 Å². The molecule has 0 unspecified atom stereocenters. The Kier molecular flexibility index (Phi) is 7.32. The van der Waals surface area contributed by atoms with Crippen molar-refractivity contribution in [2.75, 3.05) is 27.4 Å². The van der Waals surface area contributed by atoms with Crippen LogP contribution in [-0.2, 0) is 16.6 Å². The number of hydrogen-bond acceptors (Lipinski definition) is 6. The van der Waals surface area contributed by atoms with Crippen LogP contribution in [0.1, 0.15) is 19.4 Å². The molecule has 2 aromatic rings. The molecule has 8 heteroatoms. The maximum atomic E-state index is 12.6. The number of rotatable bonds is 10. The van der Waals surface area contributed by atoms with Gasteiger partial charge in [-0.05, 0) is 43.7 Å². The number of hydrogen-bond donors (Lipinski definition) is 1. The minimum atomic E-state index is -3.72. The normalized spacial score (nSPS) is 11.1. The first-order valence-corrected chi connectivity index (χ1v) is 10.0. The van der Waals surface area contributed by atoms with Crippen molar-refractivity contribution < 1.29 is 27.4 Å². The van der Waals surface area contributed by atoms with Gasteiger partial charge in [0.1, 0.15) is 0 Å². The van der Waals surface area contributed by atoms with E-state index < -0.39 is 10.0 Å². The summed E-state index contributed by atoms with van der Waals surface area (Å²) in [5, 5.41) is 0. The van der Waals surface area contributed by atoms with E-state index in [1.165, 1.54) is 19.2 Å². The zero-order valence-corrected chi connectivity index (χ0v) is 16.8. The fourth-order valence-corrected chi connectivity index (χ4v) is 3.48. The van der Waals surface area contributed by atoms with Gasteiger partial charge in [0.25, 0.3) is 0 Å². The van der Waals surface area contributed by atoms with Crippen molar-refractivity contribution in [1.29, 1.82) is 0 Å². The first-order chi connectivity index (χ1) is 12.9. The highest BCUT2D eigenvalue weighted by Crippen LogP contribution is 2.31. The van der Waals surface area contributed by atoms with E-state index in [9.17, 15) is 8.42 Å². The standard InChI is InChI=1S/C19H25NO6S/c1-5-25-17-10-8-15(12-19(17)26-6-2)27(21,22)20-13-14-7-9-16(23-3)18(11-14)24-4/h7-12,20H,5-6,13H2,1-4H3. The van der Waals surface area contributed by atoms with Crippen LogP contribution in [0.5, 0.6) is 23.0 Å².